The van der Waals surface area contributed by atoms with Crippen LogP contribution in [0, 0.1) is 0 Å². The zero-order chi connectivity index (χ0) is 15.6. The summed E-state index contributed by atoms with van der Waals surface area (Å²) in [4.78, 5) is 15.7. The SMILES string of the molecule is CN(C)C(=O)c1ccc(N)c(N(C)Cc2csc(Br)c2)c1. The molecule has 2 N–H and O–H groups in total. The first-order chi connectivity index (χ1) is 9.88. The average Bonchev–Trinajstić information content (AvgIpc) is 2.83. The van der Waals surface area contributed by atoms with Gasteiger partial charge in [-0.15, -0.1) is 11.3 Å². The summed E-state index contributed by atoms with van der Waals surface area (Å²) < 4.78 is 1.11. The first kappa shape index (κ1) is 15.9. The highest BCUT2D eigenvalue weighted by Crippen LogP contribution is 2.27. The fourth-order valence-electron chi connectivity index (χ4n) is 2.05. The molecule has 21 heavy (non-hydrogen) atoms. The van der Waals surface area contributed by atoms with Crippen molar-refractivity contribution in [2.45, 2.75) is 6.54 Å². The van der Waals surface area contributed by atoms with Crippen LogP contribution < -0.4 is 10.6 Å². The first-order valence-corrected chi connectivity index (χ1v) is 8.11. The van der Waals surface area contributed by atoms with Gasteiger partial charge in [0.2, 0.25) is 0 Å². The monoisotopic (exact) mass is 367 g/mol. The molecule has 0 spiro atoms. The molecule has 0 atom stereocenters. The number of hydrogen-bond acceptors (Lipinski definition) is 4. The number of hydrogen-bond donors (Lipinski definition) is 1. The number of nitrogens with zero attached hydrogens (tertiary/aromatic N) is 2. The van der Waals surface area contributed by atoms with Gasteiger partial charge in [-0.1, -0.05) is 0 Å². The second-order valence-corrected chi connectivity index (χ2v) is 7.38. The smallest absolute Gasteiger partial charge is 0.253 e. The molecule has 0 aliphatic heterocycles. The lowest BCUT2D eigenvalue weighted by molar-refractivity contribution is 0.0827. The van der Waals surface area contributed by atoms with Gasteiger partial charge in [-0.25, -0.2) is 0 Å². The number of carbonyl (C=O) groups is 1. The van der Waals surface area contributed by atoms with Gasteiger partial charge in [0.25, 0.3) is 5.91 Å². The zero-order valence-electron chi connectivity index (χ0n) is 12.3. The fraction of sp³-hybridized carbons (Fsp3) is 0.267. The van der Waals surface area contributed by atoms with Crippen LogP contribution in [0.5, 0.6) is 0 Å². The molecular formula is C15H18BrN3OS. The molecule has 0 radical (unpaired) electrons. The van der Waals surface area contributed by atoms with E-state index in [0.29, 0.717) is 11.3 Å². The number of rotatable bonds is 4. The molecule has 0 aliphatic carbocycles. The minimum atomic E-state index is -0.0251. The van der Waals surface area contributed by atoms with E-state index in [4.69, 9.17) is 5.73 Å². The molecule has 0 saturated heterocycles. The number of amides is 1. The summed E-state index contributed by atoms with van der Waals surface area (Å²) in [5.41, 5.74) is 9.43. The second kappa shape index (κ2) is 6.49. The van der Waals surface area contributed by atoms with Crippen LogP contribution in [0.4, 0.5) is 11.4 Å². The van der Waals surface area contributed by atoms with E-state index >= 15 is 0 Å². The van der Waals surface area contributed by atoms with E-state index in [-0.39, 0.29) is 5.91 Å². The molecule has 112 valence electrons. The summed E-state index contributed by atoms with van der Waals surface area (Å²) in [6.07, 6.45) is 0. The lowest BCUT2D eigenvalue weighted by atomic mass is 10.1. The molecule has 4 nitrogen and oxygen atoms in total. The van der Waals surface area contributed by atoms with Gasteiger partial charge in [-0.3, -0.25) is 4.79 Å². The maximum Gasteiger partial charge on any atom is 0.253 e. The normalized spacial score (nSPS) is 10.5. The van der Waals surface area contributed by atoms with Gasteiger partial charge in [-0.05, 0) is 51.1 Å². The third kappa shape index (κ3) is 3.77. The van der Waals surface area contributed by atoms with Gasteiger partial charge in [0.15, 0.2) is 0 Å². The predicted molar refractivity (Wildman–Crippen MR) is 93.0 cm³/mol. The highest BCUT2D eigenvalue weighted by molar-refractivity contribution is 9.11. The molecule has 1 heterocycles. The van der Waals surface area contributed by atoms with E-state index in [2.05, 4.69) is 32.3 Å². The Labute approximate surface area is 137 Å². The van der Waals surface area contributed by atoms with Crippen molar-refractivity contribution in [1.29, 1.82) is 0 Å². The van der Waals surface area contributed by atoms with Crippen molar-refractivity contribution in [2.24, 2.45) is 0 Å². The third-order valence-electron chi connectivity index (χ3n) is 3.14. The van der Waals surface area contributed by atoms with Crippen LogP contribution in [0.1, 0.15) is 15.9 Å². The topological polar surface area (TPSA) is 49.6 Å². The predicted octanol–water partition coefficient (Wildman–Crippen LogP) is 3.43. The molecule has 0 saturated carbocycles. The van der Waals surface area contributed by atoms with Crippen molar-refractivity contribution in [3.05, 3.63) is 44.6 Å². The average molecular weight is 368 g/mol. The molecule has 2 aromatic rings. The van der Waals surface area contributed by atoms with Gasteiger partial charge < -0.3 is 15.5 Å². The van der Waals surface area contributed by atoms with Gasteiger partial charge in [0.1, 0.15) is 0 Å². The fourth-order valence-corrected chi connectivity index (χ4v) is 3.25. The number of thiophene rings is 1. The molecule has 0 aliphatic rings. The van der Waals surface area contributed by atoms with Gasteiger partial charge in [0, 0.05) is 33.3 Å². The zero-order valence-corrected chi connectivity index (χ0v) is 14.7. The van der Waals surface area contributed by atoms with E-state index < -0.39 is 0 Å². The Bertz CT molecular complexity index is 654. The summed E-state index contributed by atoms with van der Waals surface area (Å²) in [5.74, 6) is -0.0251. The van der Waals surface area contributed by atoms with Crippen molar-refractivity contribution in [2.75, 3.05) is 31.8 Å². The minimum Gasteiger partial charge on any atom is -0.397 e. The molecular weight excluding hydrogens is 350 g/mol. The summed E-state index contributed by atoms with van der Waals surface area (Å²) in [6, 6.07) is 7.48. The van der Waals surface area contributed by atoms with Crippen molar-refractivity contribution in [1.82, 2.24) is 4.90 Å². The molecule has 1 amide bonds. The van der Waals surface area contributed by atoms with Crippen LogP contribution in [0.25, 0.3) is 0 Å². The molecule has 6 heteroatoms. The Balaban J connectivity index is 2.25. The number of carbonyl (C=O) groups excluding carboxylic acids is 1. The molecule has 1 aromatic carbocycles. The van der Waals surface area contributed by atoms with E-state index in [1.807, 2.05) is 13.1 Å². The Morgan fingerprint density at radius 3 is 2.57 bits per heavy atom. The summed E-state index contributed by atoms with van der Waals surface area (Å²) in [5, 5.41) is 2.10. The summed E-state index contributed by atoms with van der Waals surface area (Å²) >= 11 is 5.12. The Morgan fingerprint density at radius 2 is 2.00 bits per heavy atom. The Kier molecular flexibility index (Phi) is 4.90. The van der Waals surface area contributed by atoms with Crippen LogP contribution in [0.2, 0.25) is 0 Å². The van der Waals surface area contributed by atoms with Crippen LogP contribution in [-0.2, 0) is 6.54 Å². The van der Waals surface area contributed by atoms with Crippen LogP contribution in [0.15, 0.2) is 33.4 Å². The lowest BCUT2D eigenvalue weighted by Crippen LogP contribution is -2.23. The molecule has 2 rings (SSSR count). The van der Waals surface area contributed by atoms with Crippen molar-refractivity contribution >= 4 is 44.5 Å². The first-order valence-electron chi connectivity index (χ1n) is 6.43. The molecule has 1 aromatic heterocycles. The van der Waals surface area contributed by atoms with Gasteiger partial charge >= 0.3 is 0 Å². The Hall–Kier alpha value is -1.53. The van der Waals surface area contributed by atoms with Crippen LogP contribution in [-0.4, -0.2) is 32.0 Å². The molecule has 0 fully saturated rings. The van der Waals surface area contributed by atoms with Gasteiger partial charge in [-0.2, -0.15) is 0 Å². The van der Waals surface area contributed by atoms with Crippen molar-refractivity contribution in [3.63, 3.8) is 0 Å². The standard InChI is InChI=1S/C15H18BrN3OS/c1-18(2)15(20)11-4-5-12(17)13(7-11)19(3)8-10-6-14(16)21-9-10/h4-7,9H,8,17H2,1-3H3. The number of anilines is 2. The summed E-state index contributed by atoms with van der Waals surface area (Å²) in [6.45, 7) is 0.742. The van der Waals surface area contributed by atoms with E-state index in [0.717, 1.165) is 16.0 Å². The van der Waals surface area contributed by atoms with Crippen LogP contribution >= 0.6 is 27.3 Å². The maximum atomic E-state index is 12.1. The quantitative estimate of drug-likeness (QED) is 0.842. The Morgan fingerprint density at radius 1 is 1.29 bits per heavy atom. The van der Waals surface area contributed by atoms with Crippen molar-refractivity contribution < 1.29 is 4.79 Å². The summed E-state index contributed by atoms with van der Waals surface area (Å²) in [7, 11) is 5.46. The number of nitrogens with two attached hydrogens (primary N) is 1. The third-order valence-corrected chi connectivity index (χ3v) is 4.69. The largest absolute Gasteiger partial charge is 0.397 e. The number of benzene rings is 1. The maximum absolute atomic E-state index is 12.1. The van der Waals surface area contributed by atoms with E-state index in [1.54, 1.807) is 42.5 Å². The van der Waals surface area contributed by atoms with Gasteiger partial charge in [0.05, 0.1) is 15.2 Å². The highest BCUT2D eigenvalue weighted by Gasteiger charge is 2.13. The van der Waals surface area contributed by atoms with Crippen LogP contribution in [0.3, 0.4) is 0 Å². The number of nitrogen functional groups attached to an aromatic ring is 1. The number of halogens is 1. The highest BCUT2D eigenvalue weighted by atomic mass is 79.9. The van der Waals surface area contributed by atoms with Crippen molar-refractivity contribution in [3.8, 4) is 0 Å². The van der Waals surface area contributed by atoms with E-state index in [9.17, 15) is 4.79 Å². The minimum absolute atomic E-state index is 0.0251. The molecule has 0 bridgehead atoms. The molecule has 0 unspecified atom stereocenters. The lowest BCUT2D eigenvalue weighted by Gasteiger charge is -2.22. The van der Waals surface area contributed by atoms with E-state index in [1.165, 1.54) is 5.56 Å². The second-order valence-electron chi connectivity index (χ2n) is 5.09.